The summed E-state index contributed by atoms with van der Waals surface area (Å²) in [6.45, 7) is 4.69. The lowest BCUT2D eigenvalue weighted by molar-refractivity contribution is 0.661. The van der Waals surface area contributed by atoms with E-state index < -0.39 is 0 Å². The number of fused-ring (bicyclic) bond motifs is 10. The van der Waals surface area contributed by atoms with E-state index >= 15 is 0 Å². The second-order valence-electron chi connectivity index (χ2n) is 13.6. The highest BCUT2D eigenvalue weighted by Gasteiger charge is 2.37. The number of aromatic nitrogens is 2. The molecule has 10 rings (SSSR count). The van der Waals surface area contributed by atoms with Gasteiger partial charge in [0.15, 0.2) is 0 Å². The average Bonchev–Trinajstić information content (AvgIpc) is 3.75. The Morgan fingerprint density at radius 2 is 1.12 bits per heavy atom. The largest absolute Gasteiger partial charge is 0.309 e. The Labute approximate surface area is 284 Å². The van der Waals surface area contributed by atoms with Crippen LogP contribution in [0.1, 0.15) is 30.5 Å². The third-order valence-corrected chi connectivity index (χ3v) is 10.8. The number of para-hydroxylation sites is 4. The van der Waals surface area contributed by atoms with Crippen LogP contribution in [0.2, 0.25) is 0 Å². The first-order valence-corrected chi connectivity index (χ1v) is 16.9. The fourth-order valence-corrected chi connectivity index (χ4v) is 8.61. The first-order valence-electron chi connectivity index (χ1n) is 16.9. The maximum absolute atomic E-state index is 10.5. The van der Waals surface area contributed by atoms with Crippen LogP contribution in [0.25, 0.3) is 77.2 Å². The summed E-state index contributed by atoms with van der Waals surface area (Å²) in [5.74, 6) is 0. The Bertz CT molecular complexity index is 2820. The van der Waals surface area contributed by atoms with E-state index in [0.29, 0.717) is 5.56 Å². The van der Waals surface area contributed by atoms with Crippen LogP contribution in [-0.2, 0) is 5.41 Å². The zero-order valence-electron chi connectivity index (χ0n) is 27.3. The Morgan fingerprint density at radius 3 is 1.86 bits per heavy atom. The third kappa shape index (κ3) is 3.72. The molecule has 0 atom stereocenters. The minimum Gasteiger partial charge on any atom is -0.309 e. The highest BCUT2D eigenvalue weighted by Crippen LogP contribution is 2.53. The van der Waals surface area contributed by atoms with Crippen molar-refractivity contribution in [2.24, 2.45) is 0 Å². The van der Waals surface area contributed by atoms with E-state index in [2.05, 4.69) is 169 Å². The van der Waals surface area contributed by atoms with E-state index in [1.807, 2.05) is 12.1 Å². The first kappa shape index (κ1) is 27.7. The van der Waals surface area contributed by atoms with Crippen molar-refractivity contribution >= 4 is 43.6 Å². The van der Waals surface area contributed by atoms with Gasteiger partial charge in [0.2, 0.25) is 0 Å². The van der Waals surface area contributed by atoms with Crippen molar-refractivity contribution < 1.29 is 0 Å². The maximum Gasteiger partial charge on any atom is 0.101 e. The van der Waals surface area contributed by atoms with Gasteiger partial charge in [-0.2, -0.15) is 5.26 Å². The number of hydrogen-bond acceptors (Lipinski definition) is 1. The summed E-state index contributed by atoms with van der Waals surface area (Å²) >= 11 is 0. The predicted octanol–water partition coefficient (Wildman–Crippen LogP) is 11.7. The van der Waals surface area contributed by atoms with Crippen LogP contribution < -0.4 is 0 Å². The van der Waals surface area contributed by atoms with Gasteiger partial charge in [0, 0.05) is 38.2 Å². The molecule has 2 heterocycles. The van der Waals surface area contributed by atoms with E-state index in [0.717, 1.165) is 33.5 Å². The highest BCUT2D eigenvalue weighted by molar-refractivity contribution is 6.18. The summed E-state index contributed by atoms with van der Waals surface area (Å²) in [4.78, 5) is 0. The van der Waals surface area contributed by atoms with Gasteiger partial charge in [-0.3, -0.25) is 0 Å². The molecular formula is C46H31N3. The number of nitriles is 1. The molecule has 0 saturated carbocycles. The number of rotatable bonds is 3. The summed E-state index contributed by atoms with van der Waals surface area (Å²) in [6.07, 6.45) is 0. The Kier molecular flexibility index (Phi) is 5.69. The molecule has 0 N–H and O–H groups in total. The van der Waals surface area contributed by atoms with E-state index in [1.165, 1.54) is 54.8 Å². The van der Waals surface area contributed by atoms with Crippen molar-refractivity contribution in [3.63, 3.8) is 0 Å². The fourth-order valence-electron chi connectivity index (χ4n) is 8.61. The summed E-state index contributed by atoms with van der Waals surface area (Å²) in [6, 6.07) is 56.7. The molecule has 3 heteroatoms. The SMILES string of the molecule is CC1(C)c2ccccc2-c2c1ccc1c2c2ccccc2n1-c1cccc(-c2cccc(C#N)c2-n2c3ccccc3c3ccccc32)c1. The summed E-state index contributed by atoms with van der Waals surface area (Å²) in [5.41, 5.74) is 14.6. The van der Waals surface area contributed by atoms with E-state index in [-0.39, 0.29) is 5.41 Å². The Balaban J connectivity index is 1.25. The van der Waals surface area contributed by atoms with Gasteiger partial charge in [-0.25, -0.2) is 0 Å². The first-order chi connectivity index (χ1) is 24.1. The maximum atomic E-state index is 10.5. The normalized spacial score (nSPS) is 13.2. The molecule has 9 aromatic rings. The van der Waals surface area contributed by atoms with Gasteiger partial charge in [0.1, 0.15) is 6.07 Å². The minimum atomic E-state index is -0.0712. The van der Waals surface area contributed by atoms with Crippen molar-refractivity contribution in [2.45, 2.75) is 19.3 Å². The molecule has 7 aromatic carbocycles. The molecule has 0 unspecified atom stereocenters. The monoisotopic (exact) mass is 625 g/mol. The molecule has 2 aromatic heterocycles. The van der Waals surface area contributed by atoms with Crippen LogP contribution in [0, 0.1) is 11.3 Å². The second-order valence-corrected chi connectivity index (χ2v) is 13.6. The number of nitrogens with zero attached hydrogens (tertiary/aromatic N) is 3. The van der Waals surface area contributed by atoms with E-state index in [9.17, 15) is 5.26 Å². The van der Waals surface area contributed by atoms with Gasteiger partial charge < -0.3 is 9.13 Å². The third-order valence-electron chi connectivity index (χ3n) is 10.8. The molecule has 0 bridgehead atoms. The predicted molar refractivity (Wildman–Crippen MR) is 203 cm³/mol. The topological polar surface area (TPSA) is 33.6 Å². The molecule has 0 fully saturated rings. The van der Waals surface area contributed by atoms with Crippen LogP contribution in [0.5, 0.6) is 0 Å². The zero-order valence-corrected chi connectivity index (χ0v) is 27.3. The van der Waals surface area contributed by atoms with Gasteiger partial charge in [-0.1, -0.05) is 123 Å². The summed E-state index contributed by atoms with van der Waals surface area (Å²) < 4.78 is 4.69. The van der Waals surface area contributed by atoms with Crippen LogP contribution >= 0.6 is 0 Å². The Morgan fingerprint density at radius 1 is 0.510 bits per heavy atom. The molecule has 0 aliphatic heterocycles. The molecule has 0 radical (unpaired) electrons. The summed E-state index contributed by atoms with van der Waals surface area (Å²) in [7, 11) is 0. The number of hydrogen-bond donors (Lipinski definition) is 0. The molecule has 1 aliphatic rings. The van der Waals surface area contributed by atoms with Crippen molar-refractivity contribution in [1.82, 2.24) is 9.13 Å². The lowest BCUT2D eigenvalue weighted by Gasteiger charge is -2.21. The quantitative estimate of drug-likeness (QED) is 0.192. The lowest BCUT2D eigenvalue weighted by Crippen LogP contribution is -2.14. The summed E-state index contributed by atoms with van der Waals surface area (Å²) in [5, 5.41) is 15.4. The molecular weight excluding hydrogens is 595 g/mol. The fraction of sp³-hybridized carbons (Fsp3) is 0.0652. The van der Waals surface area contributed by atoms with Crippen LogP contribution in [-0.4, -0.2) is 9.13 Å². The van der Waals surface area contributed by atoms with Crippen molar-refractivity contribution in [2.75, 3.05) is 0 Å². The van der Waals surface area contributed by atoms with Gasteiger partial charge in [-0.05, 0) is 70.3 Å². The van der Waals surface area contributed by atoms with Gasteiger partial charge in [0.05, 0.1) is 33.3 Å². The van der Waals surface area contributed by atoms with Gasteiger partial charge in [-0.15, -0.1) is 0 Å². The smallest absolute Gasteiger partial charge is 0.101 e. The van der Waals surface area contributed by atoms with Crippen molar-refractivity contribution in [3.05, 3.63) is 168 Å². The Hall–Kier alpha value is -6.37. The molecule has 230 valence electrons. The van der Waals surface area contributed by atoms with Gasteiger partial charge in [0.25, 0.3) is 0 Å². The molecule has 3 nitrogen and oxygen atoms in total. The van der Waals surface area contributed by atoms with E-state index in [1.54, 1.807) is 0 Å². The molecule has 49 heavy (non-hydrogen) atoms. The minimum absolute atomic E-state index is 0.0712. The van der Waals surface area contributed by atoms with E-state index in [4.69, 9.17) is 0 Å². The number of benzene rings is 7. The van der Waals surface area contributed by atoms with Crippen LogP contribution in [0.4, 0.5) is 0 Å². The molecule has 0 spiro atoms. The second kappa shape index (κ2) is 10.1. The molecule has 1 aliphatic carbocycles. The molecule has 0 amide bonds. The standard InChI is InChI=1S/C46H31N3/c1-46(2)37-21-7-3-18-35(37)43-38(46)25-26-42-44(43)36-19-6-10-24-41(36)48(42)31-15-11-13-29(27-31)32-20-12-14-30(28-47)45(32)49-39-22-8-4-16-33(39)34-17-5-9-23-40(34)49/h3-27H,1-2H3. The highest BCUT2D eigenvalue weighted by atomic mass is 15.0. The zero-order chi connectivity index (χ0) is 32.9. The van der Waals surface area contributed by atoms with Crippen LogP contribution in [0.3, 0.4) is 0 Å². The van der Waals surface area contributed by atoms with Gasteiger partial charge >= 0.3 is 0 Å². The lowest BCUT2D eigenvalue weighted by atomic mass is 9.82. The van der Waals surface area contributed by atoms with Crippen molar-refractivity contribution in [3.8, 4) is 39.7 Å². The molecule has 0 saturated heterocycles. The average molecular weight is 626 g/mol. The van der Waals surface area contributed by atoms with Crippen LogP contribution in [0.15, 0.2) is 152 Å². The van der Waals surface area contributed by atoms with Crippen molar-refractivity contribution in [1.29, 1.82) is 5.26 Å².